The van der Waals surface area contributed by atoms with E-state index in [0.29, 0.717) is 12.5 Å². The zero-order valence-electron chi connectivity index (χ0n) is 11.3. The lowest BCUT2D eigenvalue weighted by molar-refractivity contribution is -0.125. The molecule has 0 saturated heterocycles. The quantitative estimate of drug-likeness (QED) is 0.675. The van der Waals surface area contributed by atoms with Crippen LogP contribution in [0.3, 0.4) is 0 Å². The van der Waals surface area contributed by atoms with Gasteiger partial charge in [-0.25, -0.2) is 0 Å². The minimum absolute atomic E-state index is 0.00779. The van der Waals surface area contributed by atoms with Crippen molar-refractivity contribution in [3.63, 3.8) is 0 Å². The molecule has 96 valence electrons. The van der Waals surface area contributed by atoms with Gasteiger partial charge in [0.1, 0.15) is 0 Å². The van der Waals surface area contributed by atoms with Gasteiger partial charge >= 0.3 is 0 Å². The molecule has 0 aliphatic heterocycles. The molecule has 0 radical (unpaired) electrons. The van der Waals surface area contributed by atoms with Crippen LogP contribution < -0.4 is 11.1 Å². The van der Waals surface area contributed by atoms with Gasteiger partial charge < -0.3 is 16.0 Å². The van der Waals surface area contributed by atoms with Gasteiger partial charge in [0.2, 0.25) is 5.91 Å². The summed E-state index contributed by atoms with van der Waals surface area (Å²) in [5.41, 5.74) is 5.45. The zero-order valence-corrected chi connectivity index (χ0v) is 11.3. The van der Waals surface area contributed by atoms with Crippen LogP contribution in [0.1, 0.15) is 27.2 Å². The van der Waals surface area contributed by atoms with Gasteiger partial charge in [0, 0.05) is 18.5 Å². The zero-order chi connectivity index (χ0) is 12.7. The monoisotopic (exact) mass is 229 g/mol. The van der Waals surface area contributed by atoms with Gasteiger partial charge in [-0.3, -0.25) is 4.79 Å². The fourth-order valence-corrected chi connectivity index (χ4v) is 1.52. The molecular weight excluding hydrogens is 202 g/mol. The van der Waals surface area contributed by atoms with Gasteiger partial charge in [-0.15, -0.1) is 0 Å². The molecule has 0 aromatic carbocycles. The molecule has 4 heteroatoms. The fraction of sp³-hybridized carbons (Fsp3) is 0.917. The van der Waals surface area contributed by atoms with Crippen molar-refractivity contribution in [2.75, 3.05) is 27.2 Å². The van der Waals surface area contributed by atoms with E-state index >= 15 is 0 Å². The summed E-state index contributed by atoms with van der Waals surface area (Å²) in [5.74, 6) is 0.566. The van der Waals surface area contributed by atoms with Crippen molar-refractivity contribution in [3.05, 3.63) is 0 Å². The van der Waals surface area contributed by atoms with Gasteiger partial charge in [0.15, 0.2) is 0 Å². The molecule has 0 aromatic heterocycles. The topological polar surface area (TPSA) is 58.4 Å². The first-order valence-electron chi connectivity index (χ1n) is 6.03. The Hall–Kier alpha value is -0.610. The maximum absolute atomic E-state index is 11.8. The number of carbonyl (C=O) groups excluding carboxylic acids is 1. The van der Waals surface area contributed by atoms with Crippen molar-refractivity contribution < 1.29 is 4.79 Å². The number of nitrogens with two attached hydrogens (primary N) is 1. The molecule has 2 atom stereocenters. The van der Waals surface area contributed by atoms with Crippen LogP contribution in [0.5, 0.6) is 0 Å². The van der Waals surface area contributed by atoms with E-state index in [1.54, 1.807) is 0 Å². The number of amides is 1. The van der Waals surface area contributed by atoms with Crippen LogP contribution in [-0.4, -0.2) is 44.0 Å². The van der Waals surface area contributed by atoms with Crippen molar-refractivity contribution in [2.24, 2.45) is 17.6 Å². The highest BCUT2D eigenvalue weighted by Crippen LogP contribution is 2.06. The molecule has 16 heavy (non-hydrogen) atoms. The predicted molar refractivity (Wildman–Crippen MR) is 68.2 cm³/mol. The van der Waals surface area contributed by atoms with Crippen LogP contribution in [0.2, 0.25) is 0 Å². The lowest BCUT2D eigenvalue weighted by atomic mass is 10.0. The van der Waals surface area contributed by atoms with Gasteiger partial charge in [0.25, 0.3) is 0 Å². The predicted octanol–water partition coefficient (Wildman–Crippen LogP) is 0.674. The summed E-state index contributed by atoms with van der Waals surface area (Å²) in [5, 5.41) is 3.10. The molecule has 4 nitrogen and oxygen atoms in total. The first-order valence-corrected chi connectivity index (χ1v) is 6.03. The molecule has 0 aromatic rings. The van der Waals surface area contributed by atoms with E-state index in [-0.39, 0.29) is 17.9 Å². The third-order valence-corrected chi connectivity index (χ3v) is 2.74. The normalized spacial score (nSPS) is 15.2. The van der Waals surface area contributed by atoms with E-state index < -0.39 is 0 Å². The average Bonchev–Trinajstić information content (AvgIpc) is 2.16. The second-order valence-electron chi connectivity index (χ2n) is 5.10. The number of rotatable bonds is 7. The summed E-state index contributed by atoms with van der Waals surface area (Å²) < 4.78 is 0. The van der Waals surface area contributed by atoms with E-state index in [9.17, 15) is 4.79 Å². The first kappa shape index (κ1) is 15.4. The van der Waals surface area contributed by atoms with Crippen LogP contribution in [0.4, 0.5) is 0 Å². The SMILES string of the molecule is CC(CCN)C(=O)NC(CN(C)C)C(C)C. The Bertz CT molecular complexity index is 204. The Morgan fingerprint density at radius 3 is 2.25 bits per heavy atom. The second kappa shape index (κ2) is 7.63. The van der Waals surface area contributed by atoms with Crippen LogP contribution in [0, 0.1) is 11.8 Å². The molecule has 0 bridgehead atoms. The van der Waals surface area contributed by atoms with Crippen molar-refractivity contribution in [3.8, 4) is 0 Å². The second-order valence-corrected chi connectivity index (χ2v) is 5.10. The van der Waals surface area contributed by atoms with Crippen molar-refractivity contribution in [2.45, 2.75) is 33.2 Å². The van der Waals surface area contributed by atoms with E-state index in [4.69, 9.17) is 5.73 Å². The summed E-state index contributed by atoms with van der Waals surface area (Å²) in [6.45, 7) is 7.62. The summed E-state index contributed by atoms with van der Waals surface area (Å²) >= 11 is 0. The Morgan fingerprint density at radius 2 is 1.88 bits per heavy atom. The standard InChI is InChI=1S/C12H27N3O/c1-9(2)11(8-15(4)5)14-12(16)10(3)6-7-13/h9-11H,6-8,13H2,1-5H3,(H,14,16). The molecule has 0 saturated carbocycles. The maximum Gasteiger partial charge on any atom is 0.223 e. The molecule has 0 heterocycles. The third kappa shape index (κ3) is 6.08. The number of nitrogens with zero attached hydrogens (tertiary/aromatic N) is 1. The Balaban J connectivity index is 4.23. The van der Waals surface area contributed by atoms with Crippen LogP contribution in [0.15, 0.2) is 0 Å². The average molecular weight is 229 g/mol. The maximum atomic E-state index is 11.8. The van der Waals surface area contributed by atoms with Gasteiger partial charge in [-0.05, 0) is 33.0 Å². The number of likely N-dealkylation sites (N-methyl/N-ethyl adjacent to an activating group) is 1. The first-order chi connectivity index (χ1) is 7.38. The lowest BCUT2D eigenvalue weighted by Gasteiger charge is -2.27. The molecule has 2 unspecified atom stereocenters. The third-order valence-electron chi connectivity index (χ3n) is 2.74. The van der Waals surface area contributed by atoms with E-state index in [0.717, 1.165) is 13.0 Å². The molecule has 0 aliphatic rings. The molecule has 0 spiro atoms. The van der Waals surface area contributed by atoms with Crippen molar-refractivity contribution in [1.82, 2.24) is 10.2 Å². The Kier molecular flexibility index (Phi) is 7.34. The highest BCUT2D eigenvalue weighted by Gasteiger charge is 2.19. The summed E-state index contributed by atoms with van der Waals surface area (Å²) in [7, 11) is 4.04. The summed E-state index contributed by atoms with van der Waals surface area (Å²) in [6.07, 6.45) is 0.749. The van der Waals surface area contributed by atoms with E-state index in [1.165, 1.54) is 0 Å². The highest BCUT2D eigenvalue weighted by molar-refractivity contribution is 5.78. The number of nitrogens with one attached hydrogen (secondary N) is 1. The largest absolute Gasteiger partial charge is 0.352 e. The smallest absolute Gasteiger partial charge is 0.223 e. The van der Waals surface area contributed by atoms with Crippen LogP contribution in [-0.2, 0) is 4.79 Å². The van der Waals surface area contributed by atoms with Gasteiger partial charge in [0.05, 0.1) is 0 Å². The number of hydrogen-bond acceptors (Lipinski definition) is 3. The van der Waals surface area contributed by atoms with Crippen molar-refractivity contribution >= 4 is 5.91 Å². The molecule has 0 rings (SSSR count). The lowest BCUT2D eigenvalue weighted by Crippen LogP contribution is -2.46. The highest BCUT2D eigenvalue weighted by atomic mass is 16.1. The van der Waals surface area contributed by atoms with E-state index in [2.05, 4.69) is 24.1 Å². The van der Waals surface area contributed by atoms with Crippen LogP contribution >= 0.6 is 0 Å². The minimum Gasteiger partial charge on any atom is -0.352 e. The van der Waals surface area contributed by atoms with E-state index in [1.807, 2.05) is 21.0 Å². The summed E-state index contributed by atoms with van der Waals surface area (Å²) in [4.78, 5) is 13.9. The molecular formula is C12H27N3O. The molecule has 3 N–H and O–H groups in total. The van der Waals surface area contributed by atoms with Crippen LogP contribution in [0.25, 0.3) is 0 Å². The fourth-order valence-electron chi connectivity index (χ4n) is 1.52. The summed E-state index contributed by atoms with van der Waals surface area (Å²) in [6, 6.07) is 0.211. The molecule has 0 aliphatic carbocycles. The van der Waals surface area contributed by atoms with Gasteiger partial charge in [-0.1, -0.05) is 20.8 Å². The number of hydrogen-bond donors (Lipinski definition) is 2. The molecule has 0 fully saturated rings. The van der Waals surface area contributed by atoms with Crippen molar-refractivity contribution in [1.29, 1.82) is 0 Å². The number of carbonyl (C=O) groups is 1. The Morgan fingerprint density at radius 1 is 1.31 bits per heavy atom. The molecule has 1 amide bonds. The Labute approximate surface area is 99.6 Å². The van der Waals surface area contributed by atoms with Gasteiger partial charge in [-0.2, -0.15) is 0 Å². The minimum atomic E-state index is 0.00779.